The number of ether oxygens (including phenoxy) is 2. The smallest absolute Gasteiger partial charge is 0.339 e. The van der Waals surface area contributed by atoms with Crippen molar-refractivity contribution in [2.75, 3.05) is 30.6 Å². The summed E-state index contributed by atoms with van der Waals surface area (Å²) in [6.07, 6.45) is 1.50. The minimum absolute atomic E-state index is 0.0249. The number of carbonyl (C=O) groups excluding carboxylic acids is 3. The summed E-state index contributed by atoms with van der Waals surface area (Å²) in [5, 5.41) is 26.8. The topological polar surface area (TPSA) is 163 Å². The number of carboxylic acids is 1. The van der Waals surface area contributed by atoms with E-state index in [0.717, 1.165) is 4.90 Å². The molecular weight excluding hydrogens is 598 g/mol. The van der Waals surface area contributed by atoms with Crippen LogP contribution in [0, 0.1) is 0 Å². The number of nitrogens with one attached hydrogen (secondary N) is 3. The number of hydrogen-bond acceptors (Lipinski definition) is 8. The van der Waals surface area contributed by atoms with E-state index in [1.165, 1.54) is 50.3 Å². The van der Waals surface area contributed by atoms with Gasteiger partial charge in [0.25, 0.3) is 11.8 Å². The highest BCUT2D eigenvalue weighted by molar-refractivity contribution is 8.00. The maximum atomic E-state index is 13.4. The van der Waals surface area contributed by atoms with E-state index in [2.05, 4.69) is 16.0 Å². The fourth-order valence-corrected chi connectivity index (χ4v) is 4.70. The van der Waals surface area contributed by atoms with Crippen LogP contribution in [0.15, 0.2) is 102 Å². The second-order valence-electron chi connectivity index (χ2n) is 9.34. The highest BCUT2D eigenvalue weighted by atomic mass is 32.2. The number of thioether (sulfide) groups is 1. The number of phenols is 1. The van der Waals surface area contributed by atoms with Gasteiger partial charge in [0, 0.05) is 33.5 Å². The van der Waals surface area contributed by atoms with Gasteiger partial charge in [-0.2, -0.15) is 0 Å². The molecule has 0 unspecified atom stereocenters. The lowest BCUT2D eigenvalue weighted by molar-refractivity contribution is -0.114. The van der Waals surface area contributed by atoms with Crippen molar-refractivity contribution in [1.29, 1.82) is 0 Å². The zero-order valence-electron chi connectivity index (χ0n) is 24.2. The maximum Gasteiger partial charge on any atom is 0.339 e. The Labute approximate surface area is 262 Å². The molecule has 0 aliphatic carbocycles. The lowest BCUT2D eigenvalue weighted by atomic mass is 10.1. The first-order valence-electron chi connectivity index (χ1n) is 13.4. The molecule has 5 N–H and O–H groups in total. The minimum Gasteiger partial charge on any atom is -0.507 e. The van der Waals surface area contributed by atoms with Crippen molar-refractivity contribution in [2.45, 2.75) is 4.90 Å². The summed E-state index contributed by atoms with van der Waals surface area (Å²) in [4.78, 5) is 50.7. The zero-order chi connectivity index (χ0) is 32.3. The Kier molecular flexibility index (Phi) is 10.8. The molecule has 11 nitrogen and oxygen atoms in total. The van der Waals surface area contributed by atoms with Crippen LogP contribution in [0.25, 0.3) is 6.08 Å². The quantitative estimate of drug-likeness (QED) is 0.0802. The van der Waals surface area contributed by atoms with E-state index in [4.69, 9.17) is 14.6 Å². The van der Waals surface area contributed by atoms with Gasteiger partial charge in [-0.25, -0.2) is 4.79 Å². The summed E-state index contributed by atoms with van der Waals surface area (Å²) in [5.41, 5.74) is 1.25. The fourth-order valence-electron chi connectivity index (χ4n) is 4.00. The van der Waals surface area contributed by atoms with E-state index >= 15 is 0 Å². The van der Waals surface area contributed by atoms with Crippen LogP contribution in [0.3, 0.4) is 0 Å². The highest BCUT2D eigenvalue weighted by Gasteiger charge is 2.17. The first-order chi connectivity index (χ1) is 21.7. The molecule has 4 aromatic carbocycles. The Morgan fingerprint density at radius 3 is 2.20 bits per heavy atom. The molecule has 12 heteroatoms. The molecule has 0 saturated carbocycles. The summed E-state index contributed by atoms with van der Waals surface area (Å²) in [5.74, 6) is -2.12. The van der Waals surface area contributed by atoms with E-state index in [9.17, 15) is 24.3 Å². The van der Waals surface area contributed by atoms with E-state index in [-0.39, 0.29) is 28.6 Å². The average molecular weight is 628 g/mol. The second kappa shape index (κ2) is 15.1. The van der Waals surface area contributed by atoms with Crippen LogP contribution < -0.4 is 25.4 Å². The van der Waals surface area contributed by atoms with Crippen molar-refractivity contribution < 1.29 is 38.9 Å². The number of methoxy groups -OCH3 is 2. The number of benzene rings is 4. The average Bonchev–Trinajstić information content (AvgIpc) is 3.05. The van der Waals surface area contributed by atoms with Crippen molar-refractivity contribution >= 4 is 52.9 Å². The van der Waals surface area contributed by atoms with E-state index in [1.807, 2.05) is 0 Å². The molecule has 0 aromatic heterocycles. The number of aromatic hydroxyl groups is 1. The predicted molar refractivity (Wildman–Crippen MR) is 171 cm³/mol. The van der Waals surface area contributed by atoms with Crippen LogP contribution in [0.5, 0.6) is 17.2 Å². The monoisotopic (exact) mass is 627 g/mol. The van der Waals surface area contributed by atoms with Crippen LogP contribution >= 0.6 is 11.8 Å². The van der Waals surface area contributed by atoms with E-state index in [1.54, 1.807) is 72.8 Å². The van der Waals surface area contributed by atoms with Gasteiger partial charge in [0.15, 0.2) is 0 Å². The van der Waals surface area contributed by atoms with Gasteiger partial charge in [-0.15, -0.1) is 11.8 Å². The van der Waals surface area contributed by atoms with Gasteiger partial charge in [0.2, 0.25) is 5.91 Å². The number of carboxylic acid groups (broad SMARTS) is 1. The number of amides is 3. The summed E-state index contributed by atoms with van der Waals surface area (Å²) in [6, 6.07) is 24.1. The standard InChI is InChI=1S/C33H29N3O8S/c1-43-24-12-8-21(29(18-24)44-2)16-27(36-31(39)20-6-4-3-5-7-20)32(40)35-22-9-13-25(14-10-22)45-19-30(38)34-23-11-15-28(37)26(17-23)33(41)42/h3-18,37H,19H2,1-2H3,(H,34,38)(H,35,40)(H,36,39)(H,41,42)/b27-16-. The molecule has 0 radical (unpaired) electrons. The van der Waals surface area contributed by atoms with Crippen LogP contribution in [-0.2, 0) is 9.59 Å². The van der Waals surface area contributed by atoms with Crippen molar-refractivity contribution in [3.63, 3.8) is 0 Å². The first kappa shape index (κ1) is 32.2. The van der Waals surface area contributed by atoms with Gasteiger partial charge in [-0.3, -0.25) is 14.4 Å². The third-order valence-corrected chi connectivity index (χ3v) is 7.27. The van der Waals surface area contributed by atoms with Crippen LogP contribution in [0.4, 0.5) is 11.4 Å². The number of aromatic carboxylic acids is 1. The van der Waals surface area contributed by atoms with Crippen molar-refractivity contribution in [3.05, 3.63) is 113 Å². The molecule has 0 atom stereocenters. The van der Waals surface area contributed by atoms with Gasteiger partial charge >= 0.3 is 5.97 Å². The summed E-state index contributed by atoms with van der Waals surface area (Å²) in [6.45, 7) is 0. The molecule has 45 heavy (non-hydrogen) atoms. The summed E-state index contributed by atoms with van der Waals surface area (Å²) >= 11 is 1.23. The molecule has 0 aliphatic rings. The minimum atomic E-state index is -1.31. The van der Waals surface area contributed by atoms with Gasteiger partial charge in [0.1, 0.15) is 28.5 Å². The largest absolute Gasteiger partial charge is 0.507 e. The van der Waals surface area contributed by atoms with Crippen LogP contribution in [0.2, 0.25) is 0 Å². The highest BCUT2D eigenvalue weighted by Crippen LogP contribution is 2.27. The zero-order valence-corrected chi connectivity index (χ0v) is 25.0. The Morgan fingerprint density at radius 1 is 0.822 bits per heavy atom. The fraction of sp³-hybridized carbons (Fsp3) is 0.0909. The predicted octanol–water partition coefficient (Wildman–Crippen LogP) is 5.25. The van der Waals surface area contributed by atoms with Crippen LogP contribution in [-0.4, -0.2) is 53.9 Å². The molecular formula is C33H29N3O8S. The molecule has 0 aliphatic heterocycles. The SMILES string of the molecule is COc1ccc(/C=C(\NC(=O)c2ccccc2)C(=O)Nc2ccc(SCC(=O)Nc3ccc(O)c(C(=O)O)c3)cc2)c(OC)c1. The third-order valence-electron chi connectivity index (χ3n) is 6.26. The van der Waals surface area contributed by atoms with Gasteiger partial charge in [0.05, 0.1) is 20.0 Å². The molecule has 0 bridgehead atoms. The van der Waals surface area contributed by atoms with Crippen molar-refractivity contribution in [2.24, 2.45) is 0 Å². The molecule has 4 rings (SSSR count). The molecule has 230 valence electrons. The number of hydrogen-bond donors (Lipinski definition) is 5. The molecule has 0 fully saturated rings. The Balaban J connectivity index is 1.44. The Morgan fingerprint density at radius 2 is 1.53 bits per heavy atom. The van der Waals surface area contributed by atoms with Crippen molar-refractivity contribution in [3.8, 4) is 17.2 Å². The molecule has 3 amide bonds. The van der Waals surface area contributed by atoms with Gasteiger partial charge in [-0.1, -0.05) is 18.2 Å². The lowest BCUT2D eigenvalue weighted by Crippen LogP contribution is -2.30. The van der Waals surface area contributed by atoms with Gasteiger partial charge < -0.3 is 35.6 Å². The number of anilines is 2. The molecule has 0 saturated heterocycles. The Bertz CT molecular complexity index is 1740. The first-order valence-corrected chi connectivity index (χ1v) is 14.4. The normalized spacial score (nSPS) is 10.8. The molecule has 0 heterocycles. The van der Waals surface area contributed by atoms with E-state index in [0.29, 0.717) is 28.3 Å². The second-order valence-corrected chi connectivity index (χ2v) is 10.4. The Hall–Kier alpha value is -5.75. The maximum absolute atomic E-state index is 13.4. The van der Waals surface area contributed by atoms with E-state index < -0.39 is 23.5 Å². The van der Waals surface area contributed by atoms with Gasteiger partial charge in [-0.05, 0) is 72.8 Å². The summed E-state index contributed by atoms with van der Waals surface area (Å²) in [7, 11) is 3.01. The van der Waals surface area contributed by atoms with Crippen LogP contribution in [0.1, 0.15) is 26.3 Å². The molecule has 4 aromatic rings. The third kappa shape index (κ3) is 8.88. The summed E-state index contributed by atoms with van der Waals surface area (Å²) < 4.78 is 10.7. The lowest BCUT2D eigenvalue weighted by Gasteiger charge is -2.13. The van der Waals surface area contributed by atoms with Crippen molar-refractivity contribution in [1.82, 2.24) is 5.32 Å². The number of rotatable bonds is 12. The number of carbonyl (C=O) groups is 4. The molecule has 0 spiro atoms.